The molecule has 1 fully saturated rings. The van der Waals surface area contributed by atoms with E-state index in [4.69, 9.17) is 0 Å². The van der Waals surface area contributed by atoms with Gasteiger partial charge in [0.05, 0.1) is 23.5 Å². The number of amides is 1. The first-order valence-electron chi connectivity index (χ1n) is 8.50. The van der Waals surface area contributed by atoms with Crippen molar-refractivity contribution in [3.63, 3.8) is 0 Å². The van der Waals surface area contributed by atoms with Crippen LogP contribution >= 0.6 is 0 Å². The summed E-state index contributed by atoms with van der Waals surface area (Å²) in [5.41, 5.74) is 1.79. The molecule has 27 heavy (non-hydrogen) atoms. The smallest absolute Gasteiger partial charge is 0.300 e. The predicted octanol–water partition coefficient (Wildman–Crippen LogP) is 3.71. The zero-order valence-corrected chi connectivity index (χ0v) is 14.3. The Kier molecular flexibility index (Phi) is 4.26. The molecule has 0 saturated carbocycles. The Morgan fingerprint density at radius 3 is 2.19 bits per heavy atom. The molecular formula is C22H16N2O3. The Labute approximate surface area is 156 Å². The Bertz CT molecular complexity index is 1020. The van der Waals surface area contributed by atoms with E-state index < -0.39 is 17.7 Å². The van der Waals surface area contributed by atoms with Gasteiger partial charge in [-0.2, -0.15) is 0 Å². The monoisotopic (exact) mass is 356 g/mol. The molecule has 5 heteroatoms. The predicted molar refractivity (Wildman–Crippen MR) is 102 cm³/mol. The number of aliphatic hydroxyl groups excluding tert-OH is 1. The summed E-state index contributed by atoms with van der Waals surface area (Å²) in [5.74, 6) is -1.59. The van der Waals surface area contributed by atoms with E-state index in [1.165, 1.54) is 11.1 Å². The van der Waals surface area contributed by atoms with Crippen molar-refractivity contribution in [3.05, 3.63) is 102 Å². The highest BCUT2D eigenvalue weighted by atomic mass is 16.3. The van der Waals surface area contributed by atoms with Crippen molar-refractivity contribution in [1.82, 2.24) is 4.98 Å². The van der Waals surface area contributed by atoms with E-state index in [9.17, 15) is 14.7 Å². The van der Waals surface area contributed by atoms with E-state index in [0.29, 0.717) is 11.3 Å². The van der Waals surface area contributed by atoms with Crippen LogP contribution in [0.4, 0.5) is 5.69 Å². The zero-order chi connectivity index (χ0) is 18.8. The number of hydrogen-bond acceptors (Lipinski definition) is 4. The van der Waals surface area contributed by atoms with Gasteiger partial charge in [-0.05, 0) is 17.7 Å². The van der Waals surface area contributed by atoms with Gasteiger partial charge in [-0.1, -0.05) is 60.7 Å². The number of aromatic nitrogens is 1. The lowest BCUT2D eigenvalue weighted by atomic mass is 9.95. The number of rotatable bonds is 3. The molecule has 3 aromatic rings. The molecule has 1 aromatic heterocycles. The summed E-state index contributed by atoms with van der Waals surface area (Å²) in [6.45, 7) is 0. The van der Waals surface area contributed by atoms with Crippen molar-refractivity contribution >= 4 is 23.1 Å². The van der Waals surface area contributed by atoms with Crippen LogP contribution in [0.15, 0.2) is 90.8 Å². The van der Waals surface area contributed by atoms with Crippen molar-refractivity contribution < 1.29 is 14.7 Å². The molecule has 0 unspecified atom stereocenters. The number of Topliss-reactive ketones (excluding diaryl/α,β-unsaturated/α-hetero) is 1. The second-order valence-corrected chi connectivity index (χ2v) is 6.16. The largest absolute Gasteiger partial charge is 0.507 e. The third-order valence-corrected chi connectivity index (χ3v) is 4.53. The van der Waals surface area contributed by atoms with Crippen LogP contribution in [0, 0.1) is 0 Å². The lowest BCUT2D eigenvalue weighted by Crippen LogP contribution is -2.29. The average molecular weight is 356 g/mol. The molecule has 1 saturated heterocycles. The van der Waals surface area contributed by atoms with Gasteiger partial charge in [0.2, 0.25) is 0 Å². The molecule has 1 N–H and O–H groups in total. The number of ketones is 1. The van der Waals surface area contributed by atoms with Crippen LogP contribution in [0.5, 0.6) is 0 Å². The summed E-state index contributed by atoms with van der Waals surface area (Å²) in [6, 6.07) is 20.6. The van der Waals surface area contributed by atoms with E-state index in [2.05, 4.69) is 4.98 Å². The van der Waals surface area contributed by atoms with Gasteiger partial charge in [0.15, 0.2) is 0 Å². The summed E-state index contributed by atoms with van der Waals surface area (Å²) in [7, 11) is 0. The number of nitrogens with zero attached hydrogens (tertiary/aromatic N) is 2. The van der Waals surface area contributed by atoms with Crippen molar-refractivity contribution in [2.45, 2.75) is 6.04 Å². The topological polar surface area (TPSA) is 70.5 Å². The van der Waals surface area contributed by atoms with Crippen LogP contribution in [-0.2, 0) is 9.59 Å². The SMILES string of the molecule is O=C1C(=O)N(c2cccnc2)[C@@H](c2ccccc2)C1=C(O)c1ccccc1. The van der Waals surface area contributed by atoms with Crippen molar-refractivity contribution in [3.8, 4) is 0 Å². The number of carbonyl (C=O) groups is 2. The first-order chi connectivity index (χ1) is 13.2. The van der Waals surface area contributed by atoms with Crippen LogP contribution in [0.25, 0.3) is 5.76 Å². The average Bonchev–Trinajstić information content (AvgIpc) is 3.00. The third-order valence-electron chi connectivity index (χ3n) is 4.53. The highest BCUT2D eigenvalue weighted by molar-refractivity contribution is 6.51. The molecule has 1 aliphatic rings. The van der Waals surface area contributed by atoms with Crippen LogP contribution in [0.3, 0.4) is 0 Å². The molecule has 4 rings (SSSR count). The number of hydrogen-bond donors (Lipinski definition) is 1. The third kappa shape index (κ3) is 2.89. The Balaban J connectivity index is 1.95. The molecule has 1 aliphatic heterocycles. The number of benzene rings is 2. The van der Waals surface area contributed by atoms with Crippen molar-refractivity contribution in [2.75, 3.05) is 4.90 Å². The van der Waals surface area contributed by atoms with Gasteiger partial charge in [0, 0.05) is 11.8 Å². The van der Waals surface area contributed by atoms with Crippen LogP contribution in [0.2, 0.25) is 0 Å². The molecule has 0 radical (unpaired) electrons. The normalized spacial score (nSPS) is 18.7. The van der Waals surface area contributed by atoms with Gasteiger partial charge in [-0.3, -0.25) is 19.5 Å². The first kappa shape index (κ1) is 16.7. The Morgan fingerprint density at radius 1 is 0.889 bits per heavy atom. The Hall–Kier alpha value is -3.73. The molecule has 2 aromatic carbocycles. The maximum atomic E-state index is 12.9. The summed E-state index contributed by atoms with van der Waals surface area (Å²) >= 11 is 0. The van der Waals surface area contributed by atoms with Gasteiger partial charge in [0.1, 0.15) is 5.76 Å². The van der Waals surface area contributed by atoms with E-state index in [0.717, 1.165) is 5.56 Å². The maximum Gasteiger partial charge on any atom is 0.300 e. The minimum atomic E-state index is -0.726. The number of anilines is 1. The van der Waals surface area contributed by atoms with E-state index >= 15 is 0 Å². The fourth-order valence-electron chi connectivity index (χ4n) is 3.30. The van der Waals surface area contributed by atoms with Crippen LogP contribution < -0.4 is 4.90 Å². The van der Waals surface area contributed by atoms with Gasteiger partial charge in [-0.15, -0.1) is 0 Å². The van der Waals surface area contributed by atoms with Crippen molar-refractivity contribution in [1.29, 1.82) is 0 Å². The minimum Gasteiger partial charge on any atom is -0.507 e. The molecule has 0 aliphatic carbocycles. The quantitative estimate of drug-likeness (QED) is 0.441. The van der Waals surface area contributed by atoms with E-state index in [-0.39, 0.29) is 11.3 Å². The van der Waals surface area contributed by atoms with Gasteiger partial charge in [-0.25, -0.2) is 0 Å². The second kappa shape index (κ2) is 6.88. The van der Waals surface area contributed by atoms with Crippen LogP contribution in [-0.4, -0.2) is 21.8 Å². The highest BCUT2D eigenvalue weighted by Crippen LogP contribution is 2.41. The number of carbonyl (C=O) groups excluding carboxylic acids is 2. The molecule has 0 spiro atoms. The van der Waals surface area contributed by atoms with Gasteiger partial charge >= 0.3 is 0 Å². The Morgan fingerprint density at radius 2 is 1.56 bits per heavy atom. The molecule has 0 bridgehead atoms. The summed E-state index contributed by atoms with van der Waals surface area (Å²) in [6.07, 6.45) is 3.13. The van der Waals surface area contributed by atoms with E-state index in [1.54, 1.807) is 42.6 Å². The summed E-state index contributed by atoms with van der Waals surface area (Å²) in [5, 5.41) is 10.9. The molecule has 1 amide bonds. The summed E-state index contributed by atoms with van der Waals surface area (Å²) in [4.78, 5) is 31.1. The van der Waals surface area contributed by atoms with E-state index in [1.807, 2.05) is 36.4 Å². The molecule has 5 nitrogen and oxygen atoms in total. The second-order valence-electron chi connectivity index (χ2n) is 6.16. The zero-order valence-electron chi connectivity index (χ0n) is 14.3. The standard InChI is InChI=1S/C22H16N2O3/c25-20(16-10-5-2-6-11-16)18-19(15-8-3-1-4-9-15)24(22(27)21(18)26)17-12-7-13-23-14-17/h1-14,19,25H/t19-/m0/s1. The molecule has 2 heterocycles. The first-order valence-corrected chi connectivity index (χ1v) is 8.50. The number of aliphatic hydroxyl groups is 1. The van der Waals surface area contributed by atoms with Gasteiger partial charge in [0.25, 0.3) is 11.7 Å². The minimum absolute atomic E-state index is 0.0706. The lowest BCUT2D eigenvalue weighted by molar-refractivity contribution is -0.132. The number of pyridine rings is 1. The molecule has 1 atom stereocenters. The molecule has 132 valence electrons. The fraction of sp³-hybridized carbons (Fsp3) is 0.0455. The fourth-order valence-corrected chi connectivity index (χ4v) is 3.30. The summed E-state index contributed by atoms with van der Waals surface area (Å²) < 4.78 is 0. The van der Waals surface area contributed by atoms with Crippen molar-refractivity contribution in [2.24, 2.45) is 0 Å². The highest BCUT2D eigenvalue weighted by Gasteiger charge is 2.46. The van der Waals surface area contributed by atoms with Gasteiger partial charge < -0.3 is 5.11 Å². The van der Waals surface area contributed by atoms with Crippen LogP contribution in [0.1, 0.15) is 17.2 Å². The molecular weight excluding hydrogens is 340 g/mol. The lowest BCUT2D eigenvalue weighted by Gasteiger charge is -2.25. The maximum absolute atomic E-state index is 12.9.